The second-order valence-corrected chi connectivity index (χ2v) is 8.27. The zero-order valence-corrected chi connectivity index (χ0v) is 17.9. The molecule has 0 saturated carbocycles. The summed E-state index contributed by atoms with van der Waals surface area (Å²) in [5.74, 6) is 0.528. The van der Waals surface area contributed by atoms with Gasteiger partial charge in [-0.1, -0.05) is 35.8 Å². The van der Waals surface area contributed by atoms with E-state index in [4.69, 9.17) is 0 Å². The Labute approximate surface area is 169 Å². The second kappa shape index (κ2) is 8.28. The van der Waals surface area contributed by atoms with Crippen LogP contribution in [-0.2, 0) is 13.6 Å². The summed E-state index contributed by atoms with van der Waals surface area (Å²) >= 11 is 3.40. The molecular formula is C22H26BrN3O. The second-order valence-electron chi connectivity index (χ2n) is 7.36. The highest BCUT2D eigenvalue weighted by Gasteiger charge is 2.13. The maximum absolute atomic E-state index is 12.6. The van der Waals surface area contributed by atoms with Crippen LogP contribution in [0.2, 0.25) is 0 Å². The lowest BCUT2D eigenvalue weighted by molar-refractivity contribution is 0.102. The van der Waals surface area contributed by atoms with Gasteiger partial charge < -0.3 is 15.2 Å². The molecule has 0 saturated heterocycles. The average molecular weight is 428 g/mol. The SMILES string of the molecule is Cc1c(NC(=O)c2ccc(Br)cc2)ccc2cc(CNCC(C)C)n(C)c12. The lowest BCUT2D eigenvalue weighted by atomic mass is 10.1. The van der Waals surface area contributed by atoms with E-state index in [1.165, 1.54) is 11.1 Å². The molecule has 0 radical (unpaired) electrons. The standard InChI is InChI=1S/C22H26BrN3O/c1-14(2)12-24-13-19-11-17-7-10-20(15(3)21(17)26(19)4)25-22(27)16-5-8-18(23)9-6-16/h5-11,14,24H,12-13H2,1-4H3,(H,25,27). The van der Waals surface area contributed by atoms with Gasteiger partial charge in [0.2, 0.25) is 0 Å². The molecule has 0 aliphatic heterocycles. The van der Waals surface area contributed by atoms with Crippen LogP contribution >= 0.6 is 15.9 Å². The Morgan fingerprint density at radius 3 is 2.52 bits per heavy atom. The third kappa shape index (κ3) is 4.42. The Hall–Kier alpha value is -2.11. The van der Waals surface area contributed by atoms with Gasteiger partial charge >= 0.3 is 0 Å². The summed E-state index contributed by atoms with van der Waals surface area (Å²) in [5, 5.41) is 7.74. The van der Waals surface area contributed by atoms with Crippen molar-refractivity contribution < 1.29 is 4.79 Å². The third-order valence-electron chi connectivity index (χ3n) is 4.76. The number of hydrogen-bond acceptors (Lipinski definition) is 2. The van der Waals surface area contributed by atoms with Gasteiger partial charge in [-0.05, 0) is 61.3 Å². The molecule has 5 heteroatoms. The molecule has 2 N–H and O–H groups in total. The van der Waals surface area contributed by atoms with Crippen LogP contribution in [-0.4, -0.2) is 17.0 Å². The van der Waals surface area contributed by atoms with Crippen molar-refractivity contribution in [2.45, 2.75) is 27.3 Å². The van der Waals surface area contributed by atoms with Crippen LogP contribution < -0.4 is 10.6 Å². The molecule has 0 bridgehead atoms. The van der Waals surface area contributed by atoms with Crippen LogP contribution in [0.5, 0.6) is 0 Å². The van der Waals surface area contributed by atoms with Crippen molar-refractivity contribution in [2.75, 3.05) is 11.9 Å². The molecule has 0 unspecified atom stereocenters. The first-order chi connectivity index (χ1) is 12.9. The van der Waals surface area contributed by atoms with Crippen molar-refractivity contribution in [1.29, 1.82) is 0 Å². The highest BCUT2D eigenvalue weighted by molar-refractivity contribution is 9.10. The first kappa shape index (κ1) is 19.6. The minimum atomic E-state index is -0.0991. The molecule has 1 aromatic heterocycles. The van der Waals surface area contributed by atoms with Crippen LogP contribution in [0.3, 0.4) is 0 Å². The number of halogens is 1. The summed E-state index contributed by atoms with van der Waals surface area (Å²) in [6.45, 7) is 8.31. The van der Waals surface area contributed by atoms with Gasteiger partial charge in [-0.15, -0.1) is 0 Å². The summed E-state index contributed by atoms with van der Waals surface area (Å²) in [5.41, 5.74) is 4.96. The Balaban J connectivity index is 1.85. The first-order valence-corrected chi connectivity index (χ1v) is 10.0. The van der Waals surface area contributed by atoms with Crippen LogP contribution in [0, 0.1) is 12.8 Å². The van der Waals surface area contributed by atoms with Crippen LogP contribution in [0.1, 0.15) is 35.5 Å². The van der Waals surface area contributed by atoms with Gasteiger partial charge in [0.05, 0.1) is 5.52 Å². The number of fused-ring (bicyclic) bond motifs is 1. The van der Waals surface area contributed by atoms with E-state index in [9.17, 15) is 4.79 Å². The number of benzene rings is 2. The number of anilines is 1. The van der Waals surface area contributed by atoms with Crippen molar-refractivity contribution >= 4 is 38.4 Å². The number of rotatable bonds is 6. The van der Waals surface area contributed by atoms with E-state index in [1.807, 2.05) is 30.3 Å². The Kier molecular flexibility index (Phi) is 6.02. The van der Waals surface area contributed by atoms with Gasteiger partial charge in [0.1, 0.15) is 0 Å². The van der Waals surface area contributed by atoms with Gasteiger partial charge in [0.15, 0.2) is 0 Å². The van der Waals surface area contributed by atoms with Crippen LogP contribution in [0.15, 0.2) is 46.9 Å². The minimum absolute atomic E-state index is 0.0991. The molecule has 0 atom stereocenters. The number of hydrogen-bond donors (Lipinski definition) is 2. The number of aryl methyl sites for hydroxylation is 2. The number of carbonyl (C=O) groups is 1. The topological polar surface area (TPSA) is 46.1 Å². The van der Waals surface area contributed by atoms with Crippen molar-refractivity contribution in [2.24, 2.45) is 13.0 Å². The lowest BCUT2D eigenvalue weighted by Crippen LogP contribution is -2.20. The minimum Gasteiger partial charge on any atom is -0.346 e. The monoisotopic (exact) mass is 427 g/mol. The van der Waals surface area contributed by atoms with Crippen LogP contribution in [0.4, 0.5) is 5.69 Å². The van der Waals surface area contributed by atoms with Crippen molar-refractivity contribution in [3.05, 3.63) is 63.8 Å². The Morgan fingerprint density at radius 2 is 1.85 bits per heavy atom. The van der Waals surface area contributed by atoms with E-state index in [0.717, 1.165) is 34.3 Å². The van der Waals surface area contributed by atoms with Crippen LogP contribution in [0.25, 0.3) is 10.9 Å². The number of amides is 1. The summed E-state index contributed by atoms with van der Waals surface area (Å²) in [6, 6.07) is 13.7. The fourth-order valence-corrected chi connectivity index (χ4v) is 3.56. The fourth-order valence-electron chi connectivity index (χ4n) is 3.29. The Morgan fingerprint density at radius 1 is 1.15 bits per heavy atom. The highest BCUT2D eigenvalue weighted by Crippen LogP contribution is 2.28. The quantitative estimate of drug-likeness (QED) is 0.564. The fraction of sp³-hybridized carbons (Fsp3) is 0.318. The third-order valence-corrected chi connectivity index (χ3v) is 5.29. The maximum atomic E-state index is 12.6. The van der Waals surface area contributed by atoms with E-state index in [2.05, 4.69) is 71.1 Å². The largest absolute Gasteiger partial charge is 0.346 e. The molecule has 0 fully saturated rings. The molecule has 3 rings (SSSR count). The lowest BCUT2D eigenvalue weighted by Gasteiger charge is -2.12. The zero-order chi connectivity index (χ0) is 19.6. The smallest absolute Gasteiger partial charge is 0.255 e. The number of nitrogens with one attached hydrogen (secondary N) is 2. The average Bonchev–Trinajstić information content (AvgIpc) is 2.94. The normalized spacial score (nSPS) is 11.3. The van der Waals surface area contributed by atoms with Crippen molar-refractivity contribution in [3.63, 3.8) is 0 Å². The summed E-state index contributed by atoms with van der Waals surface area (Å²) < 4.78 is 3.17. The molecular weight excluding hydrogens is 402 g/mol. The molecule has 0 aliphatic carbocycles. The molecule has 4 nitrogen and oxygen atoms in total. The van der Waals surface area contributed by atoms with Gasteiger partial charge in [-0.3, -0.25) is 4.79 Å². The van der Waals surface area contributed by atoms with Gasteiger partial charge in [0, 0.05) is 40.4 Å². The van der Waals surface area contributed by atoms with Gasteiger partial charge in [-0.25, -0.2) is 0 Å². The first-order valence-electron chi connectivity index (χ1n) is 9.22. The van der Waals surface area contributed by atoms with E-state index >= 15 is 0 Å². The molecule has 142 valence electrons. The summed E-state index contributed by atoms with van der Waals surface area (Å²) in [4.78, 5) is 12.6. The molecule has 0 spiro atoms. The zero-order valence-electron chi connectivity index (χ0n) is 16.3. The Bertz CT molecular complexity index is 958. The molecule has 2 aromatic carbocycles. The van der Waals surface area contributed by atoms with E-state index in [1.54, 1.807) is 0 Å². The summed E-state index contributed by atoms with van der Waals surface area (Å²) in [6.07, 6.45) is 0. The van der Waals surface area contributed by atoms with E-state index < -0.39 is 0 Å². The molecule has 3 aromatic rings. The predicted molar refractivity (Wildman–Crippen MR) is 116 cm³/mol. The number of carbonyl (C=O) groups excluding carboxylic acids is 1. The number of nitrogens with zero attached hydrogens (tertiary/aromatic N) is 1. The van der Waals surface area contributed by atoms with E-state index in [-0.39, 0.29) is 5.91 Å². The predicted octanol–water partition coefficient (Wildman–Crippen LogP) is 5.25. The maximum Gasteiger partial charge on any atom is 0.255 e. The molecule has 1 heterocycles. The van der Waals surface area contributed by atoms with Crippen molar-refractivity contribution in [1.82, 2.24) is 9.88 Å². The van der Waals surface area contributed by atoms with Gasteiger partial charge in [-0.2, -0.15) is 0 Å². The molecule has 27 heavy (non-hydrogen) atoms. The highest BCUT2D eigenvalue weighted by atomic mass is 79.9. The van der Waals surface area contributed by atoms with E-state index in [0.29, 0.717) is 11.5 Å². The van der Waals surface area contributed by atoms with Crippen molar-refractivity contribution in [3.8, 4) is 0 Å². The van der Waals surface area contributed by atoms with Gasteiger partial charge in [0.25, 0.3) is 5.91 Å². The molecule has 0 aliphatic rings. The number of aromatic nitrogens is 1. The molecule has 1 amide bonds. The summed E-state index contributed by atoms with van der Waals surface area (Å²) in [7, 11) is 2.09.